The van der Waals surface area contributed by atoms with E-state index in [2.05, 4.69) is 83.6 Å². The molecular formula is C36H62Br2S2Si. The molecule has 2 rings (SSSR count). The Morgan fingerprint density at radius 1 is 0.488 bits per heavy atom. The van der Waals surface area contributed by atoms with E-state index >= 15 is 0 Å². The van der Waals surface area contributed by atoms with Crippen LogP contribution >= 0.6 is 54.5 Å². The first kappa shape index (κ1) is 37.8. The van der Waals surface area contributed by atoms with Gasteiger partial charge in [0, 0.05) is 13.8 Å². The molecule has 2 aromatic heterocycles. The van der Waals surface area contributed by atoms with Gasteiger partial charge >= 0.3 is 0 Å². The summed E-state index contributed by atoms with van der Waals surface area (Å²) in [4.78, 5) is 4.46. The topological polar surface area (TPSA) is 0 Å². The Kier molecular flexibility index (Phi) is 19.7. The molecule has 0 spiro atoms. The number of hydrogen-bond acceptors (Lipinski definition) is 2. The Bertz CT molecular complexity index is 969. The number of unbranched alkanes of at least 4 members (excludes halogenated alkanes) is 18. The lowest BCUT2D eigenvalue weighted by atomic mass is 10.0. The van der Waals surface area contributed by atoms with E-state index in [9.17, 15) is 0 Å². The third-order valence-corrected chi connectivity index (χ3v) is 17.0. The number of halogens is 2. The summed E-state index contributed by atoms with van der Waals surface area (Å²) in [5, 5.41) is 0. The van der Waals surface area contributed by atoms with Crippen molar-refractivity contribution in [1.82, 2.24) is 0 Å². The molecule has 236 valence electrons. The molecule has 5 heteroatoms. The van der Waals surface area contributed by atoms with Crippen molar-refractivity contribution in [2.24, 2.45) is 0 Å². The van der Waals surface area contributed by atoms with Crippen molar-refractivity contribution in [1.29, 1.82) is 0 Å². The Labute approximate surface area is 281 Å². The van der Waals surface area contributed by atoms with Gasteiger partial charge in [0.05, 0.1) is 17.8 Å². The SMILES string of the molecule is CCCCCCCCCCCCc1c(C)sc(-c2sc([Si](C)(C)C)c(CCCCCCCCCCCC)c2Br)c1Br. The van der Waals surface area contributed by atoms with Crippen LogP contribution in [0.1, 0.15) is 158 Å². The zero-order valence-corrected chi connectivity index (χ0v) is 33.4. The summed E-state index contributed by atoms with van der Waals surface area (Å²) in [6.07, 6.45) is 30.5. The summed E-state index contributed by atoms with van der Waals surface area (Å²) in [6, 6.07) is 0. The standard InChI is InChI=1S/C36H62Br2S2Si/c1-7-9-11-13-15-17-19-21-23-25-27-30-29(3)39-34(32(30)37)35-33(38)31(36(40-35)41(4,5)6)28-26-24-22-20-18-16-14-12-10-8-2/h7-28H2,1-6H3. The van der Waals surface area contributed by atoms with Crippen LogP contribution in [-0.4, -0.2) is 8.07 Å². The van der Waals surface area contributed by atoms with Crippen molar-refractivity contribution >= 4 is 67.1 Å². The average molecular weight is 747 g/mol. The van der Waals surface area contributed by atoms with Crippen LogP contribution in [-0.2, 0) is 12.8 Å². The number of thiophene rings is 2. The Hall–Kier alpha value is 0.577. The van der Waals surface area contributed by atoms with Gasteiger partial charge in [-0.1, -0.05) is 149 Å². The molecule has 41 heavy (non-hydrogen) atoms. The molecule has 0 aliphatic heterocycles. The highest BCUT2D eigenvalue weighted by molar-refractivity contribution is 9.11. The fraction of sp³-hybridized carbons (Fsp3) is 0.778. The quantitative estimate of drug-likeness (QED) is 0.0741. The third-order valence-electron chi connectivity index (χ3n) is 8.54. The maximum absolute atomic E-state index is 4.15. The van der Waals surface area contributed by atoms with E-state index in [0.717, 1.165) is 0 Å². The lowest BCUT2D eigenvalue weighted by Gasteiger charge is -2.17. The minimum absolute atomic E-state index is 1.22. The average Bonchev–Trinajstić information content (AvgIpc) is 3.41. The number of hydrogen-bond donors (Lipinski definition) is 0. The van der Waals surface area contributed by atoms with Gasteiger partial charge < -0.3 is 0 Å². The molecule has 2 aromatic rings. The molecule has 0 aliphatic carbocycles. The van der Waals surface area contributed by atoms with Crippen molar-refractivity contribution in [2.45, 2.75) is 182 Å². The van der Waals surface area contributed by atoms with E-state index in [0.29, 0.717) is 0 Å². The molecule has 2 heterocycles. The smallest absolute Gasteiger partial charge is 0.0908 e. The van der Waals surface area contributed by atoms with Crippen LogP contribution in [0.5, 0.6) is 0 Å². The lowest BCUT2D eigenvalue weighted by Crippen LogP contribution is -2.37. The summed E-state index contributed by atoms with van der Waals surface area (Å²) in [6.45, 7) is 14.5. The molecule has 0 N–H and O–H groups in total. The molecule has 0 fully saturated rings. The second-order valence-electron chi connectivity index (χ2n) is 13.4. The van der Waals surface area contributed by atoms with Crippen LogP contribution in [0.25, 0.3) is 9.75 Å². The maximum atomic E-state index is 4.15. The molecule has 0 saturated carbocycles. The molecule has 0 unspecified atom stereocenters. The first-order chi connectivity index (χ1) is 19.7. The molecular weight excluding hydrogens is 684 g/mol. The highest BCUT2D eigenvalue weighted by Gasteiger charge is 2.29. The van der Waals surface area contributed by atoms with Crippen LogP contribution < -0.4 is 4.50 Å². The Morgan fingerprint density at radius 3 is 1.24 bits per heavy atom. The fourth-order valence-electron chi connectivity index (χ4n) is 5.98. The van der Waals surface area contributed by atoms with E-state index < -0.39 is 8.07 Å². The number of rotatable bonds is 24. The highest BCUT2D eigenvalue weighted by atomic mass is 79.9. The van der Waals surface area contributed by atoms with E-state index in [1.54, 1.807) is 15.6 Å². The predicted octanol–water partition coefficient (Wildman–Crippen LogP) is 14.8. The minimum atomic E-state index is -1.41. The van der Waals surface area contributed by atoms with Crippen LogP contribution in [0.4, 0.5) is 0 Å². The summed E-state index contributed by atoms with van der Waals surface area (Å²) < 4.78 is 4.50. The zero-order chi connectivity index (χ0) is 30.1. The maximum Gasteiger partial charge on any atom is 0.0908 e. The second kappa shape index (κ2) is 21.3. The van der Waals surface area contributed by atoms with Gasteiger partial charge in [-0.05, 0) is 80.1 Å². The first-order valence-electron chi connectivity index (χ1n) is 17.3. The van der Waals surface area contributed by atoms with Gasteiger partial charge in [0.25, 0.3) is 0 Å². The molecule has 0 amide bonds. The second-order valence-corrected chi connectivity index (χ2v) is 22.6. The van der Waals surface area contributed by atoms with Crippen LogP contribution in [0.3, 0.4) is 0 Å². The van der Waals surface area contributed by atoms with Gasteiger partial charge in [0.15, 0.2) is 0 Å². The molecule has 0 saturated heterocycles. The summed E-state index contributed by atoms with van der Waals surface area (Å²) in [7, 11) is -1.41. The van der Waals surface area contributed by atoms with E-state index in [1.165, 1.54) is 165 Å². The molecule has 0 atom stereocenters. The van der Waals surface area contributed by atoms with Crippen LogP contribution in [0, 0.1) is 6.92 Å². The Balaban J connectivity index is 1.91. The van der Waals surface area contributed by atoms with Crippen LogP contribution in [0.2, 0.25) is 19.6 Å². The molecule has 0 aliphatic rings. The van der Waals surface area contributed by atoms with Gasteiger partial charge in [0.1, 0.15) is 0 Å². The van der Waals surface area contributed by atoms with Crippen molar-refractivity contribution < 1.29 is 0 Å². The van der Waals surface area contributed by atoms with E-state index in [1.807, 2.05) is 11.3 Å². The monoisotopic (exact) mass is 744 g/mol. The highest BCUT2D eigenvalue weighted by Crippen LogP contribution is 2.47. The van der Waals surface area contributed by atoms with Gasteiger partial charge in [0.2, 0.25) is 0 Å². The van der Waals surface area contributed by atoms with Crippen molar-refractivity contribution in [3.05, 3.63) is 24.9 Å². The lowest BCUT2D eigenvalue weighted by molar-refractivity contribution is 0.556. The van der Waals surface area contributed by atoms with E-state index in [4.69, 9.17) is 0 Å². The molecule has 0 bridgehead atoms. The summed E-state index contributed by atoms with van der Waals surface area (Å²) >= 11 is 12.4. The van der Waals surface area contributed by atoms with Gasteiger partial charge in [-0.2, -0.15) is 0 Å². The van der Waals surface area contributed by atoms with Crippen LogP contribution in [0.15, 0.2) is 8.95 Å². The molecule has 0 nitrogen and oxygen atoms in total. The van der Waals surface area contributed by atoms with Gasteiger partial charge in [-0.15, -0.1) is 22.7 Å². The minimum Gasteiger partial charge on any atom is -0.143 e. The van der Waals surface area contributed by atoms with Crippen molar-refractivity contribution in [2.75, 3.05) is 0 Å². The Morgan fingerprint density at radius 2 is 0.829 bits per heavy atom. The molecule has 0 aromatic carbocycles. The summed E-state index contributed by atoms with van der Waals surface area (Å²) in [5.74, 6) is 0. The first-order valence-corrected chi connectivity index (χ1v) is 24.0. The molecule has 0 radical (unpaired) electrons. The van der Waals surface area contributed by atoms with Gasteiger partial charge in [-0.25, -0.2) is 0 Å². The largest absolute Gasteiger partial charge is 0.143 e. The zero-order valence-electron chi connectivity index (χ0n) is 27.6. The van der Waals surface area contributed by atoms with Crippen molar-refractivity contribution in [3.8, 4) is 9.75 Å². The number of aryl methyl sites for hydroxylation is 1. The van der Waals surface area contributed by atoms with Gasteiger partial charge in [-0.3, -0.25) is 0 Å². The predicted molar refractivity (Wildman–Crippen MR) is 202 cm³/mol. The summed E-state index contributed by atoms with van der Waals surface area (Å²) in [5.41, 5.74) is 3.20. The van der Waals surface area contributed by atoms with Crippen molar-refractivity contribution in [3.63, 3.8) is 0 Å². The third kappa shape index (κ3) is 13.6. The van der Waals surface area contributed by atoms with E-state index in [-0.39, 0.29) is 0 Å². The normalized spacial score (nSPS) is 12.1. The fourth-order valence-corrected chi connectivity index (χ4v) is 13.4.